The molecule has 0 bridgehead atoms. The van der Waals surface area contributed by atoms with Gasteiger partial charge >= 0.3 is 14.5 Å². The zero-order valence-electron chi connectivity index (χ0n) is 22.6. The number of likely N-dealkylation sites (N-methyl/N-ethyl adjacent to an activating group) is 1. The third-order valence-electron chi connectivity index (χ3n) is 6.12. The molecule has 35 heavy (non-hydrogen) atoms. The number of fused-ring (bicyclic) bond motifs is 2. The van der Waals surface area contributed by atoms with E-state index >= 15 is 0 Å². The van der Waals surface area contributed by atoms with Crippen molar-refractivity contribution in [3.05, 3.63) is 59.7 Å². The van der Waals surface area contributed by atoms with Crippen LogP contribution in [-0.2, 0) is 13.0 Å². The molecule has 3 aromatic rings. The van der Waals surface area contributed by atoms with E-state index in [1.54, 1.807) is 14.3 Å². The Morgan fingerprint density at radius 2 is 1.89 bits per heavy atom. The summed E-state index contributed by atoms with van der Waals surface area (Å²) in [5.41, 5.74) is 4.37. The highest BCUT2D eigenvalue weighted by atomic mass is 16.6. The SMILES string of the molecule is CC.CC.C[B]On1c(CN(CCN(C)B(C)O)C2CCCc3cccnc32)nc2ccccc21. The Morgan fingerprint density at radius 3 is 2.60 bits per heavy atom. The van der Waals surface area contributed by atoms with E-state index in [4.69, 9.17) is 14.7 Å². The van der Waals surface area contributed by atoms with Crippen LogP contribution in [0.15, 0.2) is 42.6 Å². The number of hydrogen-bond donors (Lipinski definition) is 1. The maximum atomic E-state index is 9.96. The van der Waals surface area contributed by atoms with E-state index in [2.05, 4.69) is 11.0 Å². The molecule has 1 aromatic carbocycles. The number of imidazole rings is 1. The fourth-order valence-electron chi connectivity index (χ4n) is 4.32. The topological polar surface area (TPSA) is 66.7 Å². The van der Waals surface area contributed by atoms with Gasteiger partial charge in [0.2, 0.25) is 0 Å². The Hall–Kier alpha value is -2.35. The van der Waals surface area contributed by atoms with Gasteiger partial charge in [0.1, 0.15) is 5.52 Å². The maximum Gasteiger partial charge on any atom is 0.405 e. The lowest BCUT2D eigenvalue weighted by molar-refractivity contribution is 0.142. The molecule has 7 nitrogen and oxygen atoms in total. The van der Waals surface area contributed by atoms with Crippen molar-refractivity contribution in [2.24, 2.45) is 0 Å². The monoisotopic (exact) mass is 478 g/mol. The Morgan fingerprint density at radius 1 is 1.14 bits per heavy atom. The van der Waals surface area contributed by atoms with Crippen molar-refractivity contribution in [1.82, 2.24) is 24.4 Å². The van der Waals surface area contributed by atoms with Crippen LogP contribution in [-0.4, -0.2) is 64.1 Å². The molecule has 2 aromatic heterocycles. The van der Waals surface area contributed by atoms with Crippen LogP contribution in [0.2, 0.25) is 13.6 Å². The Bertz CT molecular complexity index is 1010. The summed E-state index contributed by atoms with van der Waals surface area (Å²) in [6, 6.07) is 12.5. The molecule has 1 aliphatic rings. The first kappa shape index (κ1) is 28.9. The van der Waals surface area contributed by atoms with Crippen molar-refractivity contribution >= 4 is 25.6 Å². The van der Waals surface area contributed by atoms with Gasteiger partial charge in [-0.1, -0.05) is 45.9 Å². The van der Waals surface area contributed by atoms with Gasteiger partial charge in [0.25, 0.3) is 0 Å². The highest BCUT2D eigenvalue weighted by molar-refractivity contribution is 6.45. The van der Waals surface area contributed by atoms with E-state index in [0.29, 0.717) is 6.54 Å². The van der Waals surface area contributed by atoms with E-state index in [1.165, 1.54) is 11.3 Å². The fourth-order valence-corrected chi connectivity index (χ4v) is 4.32. The molecule has 2 heterocycles. The summed E-state index contributed by atoms with van der Waals surface area (Å²) in [5, 5.41) is 9.96. The average Bonchev–Trinajstić information content (AvgIpc) is 3.25. The first-order valence-corrected chi connectivity index (χ1v) is 13.1. The number of hydrogen-bond acceptors (Lipinski definition) is 6. The van der Waals surface area contributed by atoms with Gasteiger partial charge in [-0.3, -0.25) is 9.88 Å². The molecular formula is C26H42B2N5O2. The number of para-hydroxylation sites is 2. The van der Waals surface area contributed by atoms with Gasteiger partial charge < -0.3 is 14.6 Å². The summed E-state index contributed by atoms with van der Waals surface area (Å²) in [6.07, 6.45) is 5.17. The molecule has 0 saturated carbocycles. The number of aryl methyl sites for hydroxylation is 1. The van der Waals surface area contributed by atoms with E-state index in [9.17, 15) is 5.02 Å². The second-order valence-corrected chi connectivity index (χ2v) is 8.19. The van der Waals surface area contributed by atoms with Crippen LogP contribution in [0.1, 0.15) is 63.7 Å². The lowest BCUT2D eigenvalue weighted by atomic mass is 9.86. The van der Waals surface area contributed by atoms with Crippen LogP contribution in [0.25, 0.3) is 11.0 Å². The van der Waals surface area contributed by atoms with Crippen molar-refractivity contribution in [2.75, 3.05) is 20.1 Å². The van der Waals surface area contributed by atoms with Gasteiger partial charge in [-0.2, -0.15) is 4.73 Å². The standard InChI is InChI=1S/C22H30B2N5O2.2C2H6/c1-23-31-29-19-11-5-4-10-18(19)26-21(29)16-28(15-14-27(3)24(2)30)20-12-6-8-17-9-7-13-25-22(17)20;2*1-2/h4-5,7,9-11,13,20,30H,6,8,12,14-16H2,1-3H3;2*1-2H3. The van der Waals surface area contributed by atoms with Crippen molar-refractivity contribution in [1.29, 1.82) is 0 Å². The second-order valence-electron chi connectivity index (χ2n) is 8.19. The van der Waals surface area contributed by atoms with Crippen LogP contribution in [0.5, 0.6) is 0 Å². The molecule has 189 valence electrons. The second kappa shape index (κ2) is 14.9. The quantitative estimate of drug-likeness (QED) is 0.457. The average molecular weight is 478 g/mol. The van der Waals surface area contributed by atoms with E-state index in [1.807, 2.05) is 87.6 Å². The van der Waals surface area contributed by atoms with Crippen molar-refractivity contribution < 1.29 is 9.78 Å². The summed E-state index contributed by atoms with van der Waals surface area (Å²) < 4.78 is 7.67. The van der Waals surface area contributed by atoms with E-state index in [0.717, 1.165) is 49.2 Å². The number of benzene rings is 1. The maximum absolute atomic E-state index is 9.96. The van der Waals surface area contributed by atoms with Gasteiger partial charge in [-0.15, -0.1) is 0 Å². The summed E-state index contributed by atoms with van der Waals surface area (Å²) in [4.78, 5) is 14.0. The summed E-state index contributed by atoms with van der Waals surface area (Å²) >= 11 is 0. The third-order valence-corrected chi connectivity index (χ3v) is 6.12. The van der Waals surface area contributed by atoms with E-state index in [-0.39, 0.29) is 6.04 Å². The molecule has 1 N–H and O–H groups in total. The smallest absolute Gasteiger partial charge is 0.405 e. The largest absolute Gasteiger partial charge is 0.488 e. The van der Waals surface area contributed by atoms with Crippen molar-refractivity contribution in [3.63, 3.8) is 0 Å². The van der Waals surface area contributed by atoms with Gasteiger partial charge in [-0.05, 0) is 63.7 Å². The minimum atomic E-state index is -0.485. The predicted octanol–water partition coefficient (Wildman–Crippen LogP) is 4.50. The first-order valence-electron chi connectivity index (χ1n) is 13.1. The Labute approximate surface area is 212 Å². The summed E-state index contributed by atoms with van der Waals surface area (Å²) in [6.45, 7) is 13.8. The summed E-state index contributed by atoms with van der Waals surface area (Å²) in [5.74, 6) is 0.863. The molecule has 0 aliphatic heterocycles. The molecule has 0 saturated heterocycles. The van der Waals surface area contributed by atoms with Gasteiger partial charge in [0.05, 0.1) is 23.8 Å². The first-order chi connectivity index (χ1) is 17.1. The lowest BCUT2D eigenvalue weighted by Crippen LogP contribution is -2.42. The van der Waals surface area contributed by atoms with E-state index < -0.39 is 7.05 Å². The normalized spacial score (nSPS) is 14.5. The highest BCUT2D eigenvalue weighted by Crippen LogP contribution is 2.33. The van der Waals surface area contributed by atoms with Gasteiger partial charge in [0, 0.05) is 19.3 Å². The third kappa shape index (κ3) is 7.32. The molecule has 4 rings (SSSR count). The summed E-state index contributed by atoms with van der Waals surface area (Å²) in [7, 11) is 3.14. The number of rotatable bonds is 9. The zero-order valence-corrected chi connectivity index (χ0v) is 22.6. The Kier molecular flexibility index (Phi) is 12.3. The number of pyridine rings is 1. The molecule has 0 spiro atoms. The molecule has 0 amide bonds. The molecule has 1 radical (unpaired) electrons. The van der Waals surface area contributed by atoms with Crippen LogP contribution >= 0.6 is 0 Å². The molecule has 1 unspecified atom stereocenters. The molecular weight excluding hydrogens is 436 g/mol. The van der Waals surface area contributed by atoms with Crippen LogP contribution in [0.3, 0.4) is 0 Å². The van der Waals surface area contributed by atoms with Crippen molar-refractivity contribution in [2.45, 2.75) is 73.2 Å². The molecule has 1 aliphatic carbocycles. The van der Waals surface area contributed by atoms with Gasteiger partial charge in [-0.25, -0.2) is 4.98 Å². The number of aromatic nitrogens is 3. The van der Waals surface area contributed by atoms with Crippen LogP contribution in [0.4, 0.5) is 0 Å². The lowest BCUT2D eigenvalue weighted by Gasteiger charge is -2.36. The minimum Gasteiger partial charge on any atom is -0.488 e. The number of nitrogens with zero attached hydrogens (tertiary/aromatic N) is 5. The highest BCUT2D eigenvalue weighted by Gasteiger charge is 2.29. The van der Waals surface area contributed by atoms with Crippen LogP contribution in [0, 0.1) is 0 Å². The molecule has 9 heteroatoms. The fraction of sp³-hybridized carbons (Fsp3) is 0.538. The van der Waals surface area contributed by atoms with Crippen LogP contribution < -0.4 is 4.76 Å². The van der Waals surface area contributed by atoms with Gasteiger partial charge in [0.15, 0.2) is 5.82 Å². The Balaban J connectivity index is 0.00000103. The van der Waals surface area contributed by atoms with Crippen molar-refractivity contribution in [3.8, 4) is 0 Å². The molecule has 0 fully saturated rings. The predicted molar refractivity (Wildman–Crippen MR) is 147 cm³/mol. The minimum absolute atomic E-state index is 0.214. The zero-order chi connectivity index (χ0) is 25.8. The molecule has 1 atom stereocenters.